The summed E-state index contributed by atoms with van der Waals surface area (Å²) in [6, 6.07) is 13.5. The van der Waals surface area contributed by atoms with Crippen LogP contribution in [0.2, 0.25) is 0 Å². The van der Waals surface area contributed by atoms with Gasteiger partial charge in [-0.15, -0.1) is 0 Å². The van der Waals surface area contributed by atoms with Gasteiger partial charge in [0.05, 0.1) is 0 Å². The van der Waals surface area contributed by atoms with Crippen LogP contribution in [0.4, 0.5) is 13.2 Å². The molecule has 206 valence electrons. The molecule has 1 aromatic carbocycles. The molecule has 1 aliphatic rings. The second-order valence-electron chi connectivity index (χ2n) is 9.07. The van der Waals surface area contributed by atoms with Gasteiger partial charge in [0.25, 0.3) is 5.91 Å². The summed E-state index contributed by atoms with van der Waals surface area (Å²) >= 11 is 0. The van der Waals surface area contributed by atoms with Crippen molar-refractivity contribution in [3.63, 3.8) is 0 Å². The van der Waals surface area contributed by atoms with E-state index in [9.17, 15) is 27.6 Å². The lowest BCUT2D eigenvalue weighted by Gasteiger charge is -2.29. The Bertz CT molecular complexity index is 1080. The predicted molar refractivity (Wildman–Crippen MR) is 132 cm³/mol. The van der Waals surface area contributed by atoms with Crippen LogP contribution in [-0.2, 0) is 20.9 Å². The topological polar surface area (TPSA) is 129 Å². The average molecular weight is 537 g/mol. The van der Waals surface area contributed by atoms with Gasteiger partial charge in [-0.2, -0.15) is 13.2 Å². The van der Waals surface area contributed by atoms with E-state index in [4.69, 9.17) is 9.90 Å². The number of carboxylic acids is 1. The van der Waals surface area contributed by atoms with Crippen LogP contribution in [0, 0.1) is 5.92 Å². The Morgan fingerprint density at radius 1 is 1.08 bits per heavy atom. The maximum absolute atomic E-state index is 13.3. The molecular formula is C26H31F3N4O5. The van der Waals surface area contributed by atoms with E-state index >= 15 is 0 Å². The number of carbonyl (C=O) groups excluding carboxylic acids is 3. The molecule has 3 N–H and O–H groups in total. The Morgan fingerprint density at radius 2 is 1.71 bits per heavy atom. The van der Waals surface area contributed by atoms with Crippen molar-refractivity contribution < 1.29 is 37.5 Å². The van der Waals surface area contributed by atoms with E-state index in [-0.39, 0.29) is 29.3 Å². The fourth-order valence-electron chi connectivity index (χ4n) is 3.83. The summed E-state index contributed by atoms with van der Waals surface area (Å²) in [6.45, 7) is 4.93. The lowest BCUT2D eigenvalue weighted by molar-refractivity contribution is -0.192. The number of hydrogen-bond donors (Lipinski definition) is 3. The van der Waals surface area contributed by atoms with Crippen molar-refractivity contribution in [2.24, 2.45) is 5.92 Å². The van der Waals surface area contributed by atoms with Crippen molar-refractivity contribution in [1.82, 2.24) is 20.5 Å². The number of rotatable bonds is 8. The first-order chi connectivity index (χ1) is 17.9. The monoisotopic (exact) mass is 536 g/mol. The van der Waals surface area contributed by atoms with Gasteiger partial charge in [0.15, 0.2) is 0 Å². The SMILES string of the molecule is CC(C)C[C@H](NC(=O)c1ccccn1)C(=O)N1CCC[C@H]1C(=O)NCc1ccccc1.O=C(O)C(F)(F)F. The number of carboxylic acid groups (broad SMARTS) is 1. The molecule has 0 bridgehead atoms. The Hall–Kier alpha value is -3.96. The minimum atomic E-state index is -5.08. The minimum Gasteiger partial charge on any atom is -0.475 e. The third-order valence-corrected chi connectivity index (χ3v) is 5.60. The number of aromatic nitrogens is 1. The molecule has 0 spiro atoms. The molecule has 1 fully saturated rings. The molecule has 1 aliphatic heterocycles. The third-order valence-electron chi connectivity index (χ3n) is 5.60. The molecule has 1 aromatic heterocycles. The zero-order valence-corrected chi connectivity index (χ0v) is 21.1. The van der Waals surface area contributed by atoms with Gasteiger partial charge in [0, 0.05) is 19.3 Å². The molecule has 9 nitrogen and oxygen atoms in total. The fourth-order valence-corrected chi connectivity index (χ4v) is 3.83. The molecule has 0 aliphatic carbocycles. The number of aliphatic carboxylic acids is 1. The Kier molecular flexibility index (Phi) is 11.2. The molecular weight excluding hydrogens is 505 g/mol. The van der Waals surface area contributed by atoms with Crippen LogP contribution in [0.5, 0.6) is 0 Å². The number of benzene rings is 1. The van der Waals surface area contributed by atoms with E-state index in [0.717, 1.165) is 12.0 Å². The summed E-state index contributed by atoms with van der Waals surface area (Å²) in [7, 11) is 0. The van der Waals surface area contributed by atoms with E-state index in [1.54, 1.807) is 29.3 Å². The Labute approximate surface area is 218 Å². The van der Waals surface area contributed by atoms with Gasteiger partial charge < -0.3 is 20.6 Å². The fraction of sp³-hybridized carbons (Fsp3) is 0.423. The predicted octanol–water partition coefficient (Wildman–Crippen LogP) is 3.17. The van der Waals surface area contributed by atoms with Crippen LogP contribution in [0.3, 0.4) is 0 Å². The highest BCUT2D eigenvalue weighted by molar-refractivity contribution is 5.97. The van der Waals surface area contributed by atoms with Crippen LogP contribution >= 0.6 is 0 Å². The molecule has 3 rings (SSSR count). The largest absolute Gasteiger partial charge is 0.490 e. The van der Waals surface area contributed by atoms with E-state index in [1.165, 1.54) is 0 Å². The number of hydrogen-bond acceptors (Lipinski definition) is 5. The molecule has 2 heterocycles. The highest BCUT2D eigenvalue weighted by atomic mass is 19.4. The van der Waals surface area contributed by atoms with E-state index in [0.29, 0.717) is 25.9 Å². The van der Waals surface area contributed by atoms with Crippen LogP contribution in [-0.4, -0.2) is 63.5 Å². The van der Waals surface area contributed by atoms with Gasteiger partial charge >= 0.3 is 12.1 Å². The summed E-state index contributed by atoms with van der Waals surface area (Å²) in [5.74, 6) is -3.31. The molecule has 2 aromatic rings. The summed E-state index contributed by atoms with van der Waals surface area (Å²) in [6.07, 6.45) is -1.67. The van der Waals surface area contributed by atoms with Crippen LogP contribution in [0.25, 0.3) is 0 Å². The first-order valence-corrected chi connectivity index (χ1v) is 12.0. The summed E-state index contributed by atoms with van der Waals surface area (Å²) in [4.78, 5) is 53.4. The van der Waals surface area contributed by atoms with Gasteiger partial charge in [-0.05, 0) is 42.9 Å². The van der Waals surface area contributed by atoms with Gasteiger partial charge in [-0.1, -0.05) is 50.2 Å². The van der Waals surface area contributed by atoms with Crippen LogP contribution < -0.4 is 10.6 Å². The zero-order valence-electron chi connectivity index (χ0n) is 21.1. The van der Waals surface area contributed by atoms with Crippen molar-refractivity contribution in [1.29, 1.82) is 0 Å². The minimum absolute atomic E-state index is 0.158. The van der Waals surface area contributed by atoms with Gasteiger partial charge in [0.2, 0.25) is 11.8 Å². The second kappa shape index (κ2) is 14.1. The van der Waals surface area contributed by atoms with Crippen LogP contribution in [0.15, 0.2) is 54.7 Å². The number of carbonyl (C=O) groups is 4. The number of nitrogens with zero attached hydrogens (tertiary/aromatic N) is 2. The Balaban J connectivity index is 0.000000638. The summed E-state index contributed by atoms with van der Waals surface area (Å²) < 4.78 is 31.7. The average Bonchev–Trinajstić information content (AvgIpc) is 3.37. The molecule has 0 saturated carbocycles. The zero-order chi connectivity index (χ0) is 28.3. The maximum atomic E-state index is 13.3. The van der Waals surface area contributed by atoms with Crippen molar-refractivity contribution in [3.8, 4) is 0 Å². The maximum Gasteiger partial charge on any atom is 0.490 e. The number of nitrogens with one attached hydrogen (secondary N) is 2. The van der Waals surface area contributed by atoms with E-state index in [1.807, 2.05) is 44.2 Å². The normalized spacial score (nSPS) is 15.7. The van der Waals surface area contributed by atoms with Gasteiger partial charge in [0.1, 0.15) is 17.8 Å². The lowest BCUT2D eigenvalue weighted by atomic mass is 10.0. The van der Waals surface area contributed by atoms with Crippen molar-refractivity contribution in [2.75, 3.05) is 6.54 Å². The summed E-state index contributed by atoms with van der Waals surface area (Å²) in [5, 5.41) is 12.9. The number of alkyl halides is 3. The standard InChI is InChI=1S/C24H30N4O3.C2HF3O2/c1-17(2)15-20(27-22(29)19-11-6-7-13-25-19)24(31)28-14-8-12-21(28)23(30)26-16-18-9-4-3-5-10-18;3-2(4,5)1(6)7/h3-7,9-11,13,17,20-21H,8,12,14-16H2,1-2H3,(H,26,30)(H,27,29);(H,6,7)/t20-,21-;/m0./s1. The quantitative estimate of drug-likeness (QED) is 0.476. The number of likely N-dealkylation sites (tertiary alicyclic amines) is 1. The highest BCUT2D eigenvalue weighted by Crippen LogP contribution is 2.21. The van der Waals surface area contributed by atoms with Gasteiger partial charge in [-0.3, -0.25) is 19.4 Å². The number of amides is 3. The molecule has 12 heteroatoms. The first-order valence-electron chi connectivity index (χ1n) is 12.0. The summed E-state index contributed by atoms with van der Waals surface area (Å²) in [5.41, 5.74) is 1.27. The number of halogens is 3. The highest BCUT2D eigenvalue weighted by Gasteiger charge is 2.39. The van der Waals surface area contributed by atoms with Crippen LogP contribution in [0.1, 0.15) is 49.2 Å². The number of pyridine rings is 1. The second-order valence-corrected chi connectivity index (χ2v) is 9.07. The van der Waals surface area contributed by atoms with Crippen molar-refractivity contribution >= 4 is 23.7 Å². The van der Waals surface area contributed by atoms with E-state index < -0.39 is 24.2 Å². The molecule has 2 atom stereocenters. The molecule has 0 unspecified atom stereocenters. The van der Waals surface area contributed by atoms with E-state index in [2.05, 4.69) is 15.6 Å². The van der Waals surface area contributed by atoms with Crippen molar-refractivity contribution in [3.05, 3.63) is 66.0 Å². The third kappa shape index (κ3) is 9.49. The molecule has 38 heavy (non-hydrogen) atoms. The lowest BCUT2D eigenvalue weighted by Crippen LogP contribution is -2.53. The van der Waals surface area contributed by atoms with Crippen molar-refractivity contribution in [2.45, 2.75) is 57.9 Å². The first kappa shape index (κ1) is 30.3. The smallest absolute Gasteiger partial charge is 0.475 e. The molecule has 0 radical (unpaired) electrons. The van der Waals surface area contributed by atoms with Gasteiger partial charge in [-0.25, -0.2) is 4.79 Å². The molecule has 3 amide bonds. The molecule has 1 saturated heterocycles. The Morgan fingerprint density at radius 3 is 2.26 bits per heavy atom.